The Labute approximate surface area is 103 Å². The van der Waals surface area contributed by atoms with Gasteiger partial charge in [0.25, 0.3) is 0 Å². The van der Waals surface area contributed by atoms with E-state index in [1.807, 2.05) is 31.3 Å². The Balaban J connectivity index is 1.93. The van der Waals surface area contributed by atoms with E-state index in [4.69, 9.17) is 4.74 Å². The van der Waals surface area contributed by atoms with Crippen molar-refractivity contribution in [1.29, 1.82) is 0 Å². The first kappa shape index (κ1) is 12.2. The van der Waals surface area contributed by atoms with Gasteiger partial charge in [0.1, 0.15) is 0 Å². The molecule has 1 aromatic rings. The van der Waals surface area contributed by atoms with E-state index in [0.29, 0.717) is 5.92 Å². The van der Waals surface area contributed by atoms with Gasteiger partial charge in [0.15, 0.2) is 5.82 Å². The molecular weight excluding hydrogens is 214 g/mol. The molecular formula is C13H21N3O. The first-order valence-electron chi connectivity index (χ1n) is 6.21. The third-order valence-electron chi connectivity index (χ3n) is 3.05. The molecule has 1 saturated heterocycles. The number of nitrogens with zero attached hydrogens (tertiary/aromatic N) is 2. The lowest BCUT2D eigenvalue weighted by Gasteiger charge is -2.24. The van der Waals surface area contributed by atoms with Gasteiger partial charge in [-0.05, 0) is 30.9 Å². The summed E-state index contributed by atoms with van der Waals surface area (Å²) in [6.45, 7) is 2.77. The van der Waals surface area contributed by atoms with Gasteiger partial charge in [0.2, 0.25) is 0 Å². The van der Waals surface area contributed by atoms with E-state index in [0.717, 1.165) is 31.3 Å². The molecule has 1 N–H and O–H groups in total. The largest absolute Gasteiger partial charge is 0.382 e. The minimum Gasteiger partial charge on any atom is -0.382 e. The van der Waals surface area contributed by atoms with Gasteiger partial charge in [-0.3, -0.25) is 0 Å². The Morgan fingerprint density at radius 2 is 2.41 bits per heavy atom. The van der Waals surface area contributed by atoms with Crippen molar-refractivity contribution in [2.75, 3.05) is 44.1 Å². The monoisotopic (exact) mass is 235 g/mol. The Bertz CT molecular complexity index is 348. The zero-order chi connectivity index (χ0) is 12.1. The number of ether oxygens (including phenoxy) is 1. The van der Waals surface area contributed by atoms with E-state index in [1.165, 1.54) is 12.8 Å². The molecule has 1 aliphatic rings. The molecule has 0 saturated carbocycles. The molecule has 4 heteroatoms. The van der Waals surface area contributed by atoms with Crippen LogP contribution >= 0.6 is 0 Å². The molecule has 94 valence electrons. The molecule has 2 rings (SSSR count). The highest BCUT2D eigenvalue weighted by Gasteiger charge is 2.14. The summed E-state index contributed by atoms with van der Waals surface area (Å²) in [4.78, 5) is 6.40. The summed E-state index contributed by atoms with van der Waals surface area (Å²) >= 11 is 0. The molecule has 0 radical (unpaired) electrons. The number of nitrogens with one attached hydrogen (secondary N) is 1. The first-order valence-corrected chi connectivity index (χ1v) is 6.21. The number of rotatable bonds is 4. The van der Waals surface area contributed by atoms with E-state index >= 15 is 0 Å². The van der Waals surface area contributed by atoms with Crippen molar-refractivity contribution in [2.24, 2.45) is 5.92 Å². The van der Waals surface area contributed by atoms with Crippen LogP contribution in [0.5, 0.6) is 0 Å². The van der Waals surface area contributed by atoms with Gasteiger partial charge in [0, 0.05) is 33.4 Å². The molecule has 4 nitrogen and oxygen atoms in total. The van der Waals surface area contributed by atoms with Gasteiger partial charge in [-0.25, -0.2) is 4.98 Å². The smallest absolute Gasteiger partial charge is 0.151 e. The highest BCUT2D eigenvalue weighted by atomic mass is 16.5. The molecule has 0 aliphatic carbocycles. The van der Waals surface area contributed by atoms with Gasteiger partial charge < -0.3 is 15.0 Å². The first-order chi connectivity index (χ1) is 8.27. The van der Waals surface area contributed by atoms with Gasteiger partial charge in [-0.1, -0.05) is 0 Å². The second-order valence-electron chi connectivity index (χ2n) is 4.73. The molecule has 0 aromatic carbocycles. The third kappa shape index (κ3) is 3.33. The Kier molecular flexibility index (Phi) is 4.20. The van der Waals surface area contributed by atoms with Crippen LogP contribution in [0.4, 0.5) is 11.5 Å². The van der Waals surface area contributed by atoms with E-state index in [2.05, 4.69) is 16.4 Å². The molecule has 1 atom stereocenters. The van der Waals surface area contributed by atoms with Crippen LogP contribution in [0.1, 0.15) is 12.8 Å². The molecule has 1 fully saturated rings. The zero-order valence-corrected chi connectivity index (χ0v) is 10.6. The van der Waals surface area contributed by atoms with Crippen molar-refractivity contribution >= 4 is 11.5 Å². The van der Waals surface area contributed by atoms with E-state index in [-0.39, 0.29) is 0 Å². The van der Waals surface area contributed by atoms with Crippen molar-refractivity contribution in [2.45, 2.75) is 12.8 Å². The number of pyridine rings is 1. The minimum absolute atomic E-state index is 0.624. The summed E-state index contributed by atoms with van der Waals surface area (Å²) in [5.74, 6) is 1.61. The van der Waals surface area contributed by atoms with Crippen LogP contribution in [0.2, 0.25) is 0 Å². The van der Waals surface area contributed by atoms with E-state index in [9.17, 15) is 0 Å². The summed E-state index contributed by atoms with van der Waals surface area (Å²) in [6.07, 6.45) is 4.26. The van der Waals surface area contributed by atoms with Crippen LogP contribution < -0.4 is 10.2 Å². The van der Waals surface area contributed by atoms with Crippen molar-refractivity contribution in [1.82, 2.24) is 4.98 Å². The lowest BCUT2D eigenvalue weighted by Crippen LogP contribution is -2.25. The third-order valence-corrected chi connectivity index (χ3v) is 3.05. The predicted octanol–water partition coefficient (Wildman–Crippen LogP) is 1.99. The second kappa shape index (κ2) is 5.87. The van der Waals surface area contributed by atoms with Gasteiger partial charge >= 0.3 is 0 Å². The minimum atomic E-state index is 0.624. The van der Waals surface area contributed by atoms with Crippen molar-refractivity contribution in [3.8, 4) is 0 Å². The Hall–Kier alpha value is -1.29. The molecule has 0 bridgehead atoms. The number of anilines is 2. The Morgan fingerprint density at radius 1 is 1.53 bits per heavy atom. The van der Waals surface area contributed by atoms with Crippen molar-refractivity contribution < 1.29 is 4.74 Å². The fourth-order valence-corrected chi connectivity index (χ4v) is 2.11. The van der Waals surface area contributed by atoms with Crippen LogP contribution in [-0.2, 0) is 4.74 Å². The van der Waals surface area contributed by atoms with Gasteiger partial charge in [0.05, 0.1) is 12.3 Å². The van der Waals surface area contributed by atoms with Crippen LogP contribution in [0.3, 0.4) is 0 Å². The van der Waals surface area contributed by atoms with Crippen LogP contribution in [0.15, 0.2) is 18.3 Å². The van der Waals surface area contributed by atoms with Gasteiger partial charge in [-0.2, -0.15) is 0 Å². The summed E-state index contributed by atoms with van der Waals surface area (Å²) in [7, 11) is 4.02. The van der Waals surface area contributed by atoms with E-state index < -0.39 is 0 Å². The fourth-order valence-electron chi connectivity index (χ4n) is 2.11. The highest BCUT2D eigenvalue weighted by Crippen LogP contribution is 2.22. The number of hydrogen-bond acceptors (Lipinski definition) is 4. The summed E-state index contributed by atoms with van der Waals surface area (Å²) in [5, 5.41) is 3.48. The van der Waals surface area contributed by atoms with Crippen molar-refractivity contribution in [3.05, 3.63) is 18.3 Å². The van der Waals surface area contributed by atoms with Gasteiger partial charge in [-0.15, -0.1) is 0 Å². The predicted molar refractivity (Wildman–Crippen MR) is 70.6 cm³/mol. The fraction of sp³-hybridized carbons (Fsp3) is 0.615. The molecule has 1 aromatic heterocycles. The SMILES string of the molecule is CN(C)c1ncccc1NCC1CCCOC1. The van der Waals surface area contributed by atoms with Crippen LogP contribution in [0, 0.1) is 5.92 Å². The highest BCUT2D eigenvalue weighted by molar-refractivity contribution is 5.64. The molecule has 1 unspecified atom stereocenters. The maximum Gasteiger partial charge on any atom is 0.151 e. The zero-order valence-electron chi connectivity index (χ0n) is 10.6. The lowest BCUT2D eigenvalue weighted by molar-refractivity contribution is 0.0595. The summed E-state index contributed by atoms with van der Waals surface area (Å²) < 4.78 is 5.48. The standard InChI is InChI=1S/C13H21N3O/c1-16(2)13-12(6-3-7-14-13)15-9-11-5-4-8-17-10-11/h3,6-7,11,15H,4-5,8-10H2,1-2H3. The number of aromatic nitrogens is 1. The van der Waals surface area contributed by atoms with Crippen LogP contribution in [-0.4, -0.2) is 38.8 Å². The molecule has 0 amide bonds. The maximum atomic E-state index is 5.48. The lowest BCUT2D eigenvalue weighted by atomic mass is 10.0. The molecule has 17 heavy (non-hydrogen) atoms. The quantitative estimate of drug-likeness (QED) is 0.866. The normalized spacial score (nSPS) is 20.0. The summed E-state index contributed by atoms with van der Waals surface area (Å²) in [5.41, 5.74) is 1.10. The summed E-state index contributed by atoms with van der Waals surface area (Å²) in [6, 6.07) is 4.04. The molecule has 2 heterocycles. The second-order valence-corrected chi connectivity index (χ2v) is 4.73. The van der Waals surface area contributed by atoms with Crippen LogP contribution in [0.25, 0.3) is 0 Å². The van der Waals surface area contributed by atoms with E-state index in [1.54, 1.807) is 0 Å². The molecule has 1 aliphatic heterocycles. The maximum absolute atomic E-state index is 5.48. The van der Waals surface area contributed by atoms with Crippen molar-refractivity contribution in [3.63, 3.8) is 0 Å². The average Bonchev–Trinajstić information content (AvgIpc) is 2.38. The molecule has 0 spiro atoms. The number of hydrogen-bond donors (Lipinski definition) is 1. The average molecular weight is 235 g/mol. The Morgan fingerprint density at radius 3 is 3.12 bits per heavy atom. The topological polar surface area (TPSA) is 37.4 Å².